The molecule has 0 unspecified atom stereocenters. The first kappa shape index (κ1) is 16.7. The summed E-state index contributed by atoms with van der Waals surface area (Å²) >= 11 is 6.42. The highest BCUT2D eigenvalue weighted by Gasteiger charge is 2.16. The Morgan fingerprint density at radius 3 is 2.64 bits per heavy atom. The van der Waals surface area contributed by atoms with E-state index in [2.05, 4.69) is 30.3 Å². The summed E-state index contributed by atoms with van der Waals surface area (Å²) in [5, 5.41) is 0.548. The molecule has 1 aromatic carbocycles. The van der Waals surface area contributed by atoms with Gasteiger partial charge in [-0.3, -0.25) is 0 Å². The van der Waals surface area contributed by atoms with E-state index < -0.39 is 0 Å². The summed E-state index contributed by atoms with van der Waals surface area (Å²) in [6, 6.07) is 3.83. The predicted octanol–water partition coefficient (Wildman–Crippen LogP) is 4.66. The number of imidazole rings is 1. The Kier molecular flexibility index (Phi) is 5.72. The van der Waals surface area contributed by atoms with Crippen LogP contribution in [0.4, 0.5) is 0 Å². The van der Waals surface area contributed by atoms with E-state index in [1.165, 1.54) is 0 Å². The summed E-state index contributed by atoms with van der Waals surface area (Å²) in [6.45, 7) is 10.2. The van der Waals surface area contributed by atoms with E-state index in [9.17, 15) is 0 Å². The lowest BCUT2D eigenvalue weighted by Gasteiger charge is -2.16. The molecule has 0 atom stereocenters. The Bertz CT molecular complexity index is 623. The Morgan fingerprint density at radius 1 is 1.23 bits per heavy atom. The lowest BCUT2D eigenvalue weighted by Crippen LogP contribution is -2.07. The zero-order chi connectivity index (χ0) is 16.1. The Balaban J connectivity index is 2.42. The van der Waals surface area contributed by atoms with Crippen LogP contribution in [0, 0.1) is 5.92 Å². The quantitative estimate of drug-likeness (QED) is 0.744. The number of aryl methyl sites for hydroxylation is 1. The summed E-state index contributed by atoms with van der Waals surface area (Å²) in [6.07, 6.45) is 3.74. The van der Waals surface area contributed by atoms with Crippen molar-refractivity contribution in [3.05, 3.63) is 29.5 Å². The third kappa shape index (κ3) is 3.74. The molecule has 22 heavy (non-hydrogen) atoms. The van der Waals surface area contributed by atoms with Crippen LogP contribution in [0.15, 0.2) is 24.5 Å². The van der Waals surface area contributed by atoms with Crippen molar-refractivity contribution in [2.75, 3.05) is 13.2 Å². The SMILES string of the molecule is CCOc1cc(-c2nccn2CC)cc(Cl)c1OCC(C)C. The van der Waals surface area contributed by atoms with Crippen LogP contribution in [0.2, 0.25) is 5.02 Å². The second-order valence-electron chi connectivity index (χ2n) is 5.46. The van der Waals surface area contributed by atoms with Gasteiger partial charge in [0.25, 0.3) is 0 Å². The molecule has 4 nitrogen and oxygen atoms in total. The number of halogens is 1. The number of hydrogen-bond acceptors (Lipinski definition) is 3. The Hall–Kier alpha value is -1.68. The average Bonchev–Trinajstić information content (AvgIpc) is 2.94. The maximum Gasteiger partial charge on any atom is 0.179 e. The molecule has 2 aromatic rings. The van der Waals surface area contributed by atoms with Crippen LogP contribution in [-0.2, 0) is 6.54 Å². The van der Waals surface area contributed by atoms with E-state index in [1.807, 2.05) is 25.3 Å². The maximum absolute atomic E-state index is 6.42. The van der Waals surface area contributed by atoms with Crippen molar-refractivity contribution in [3.8, 4) is 22.9 Å². The van der Waals surface area contributed by atoms with Crippen molar-refractivity contribution in [1.29, 1.82) is 0 Å². The lowest BCUT2D eigenvalue weighted by atomic mass is 10.1. The van der Waals surface area contributed by atoms with Crippen molar-refractivity contribution < 1.29 is 9.47 Å². The van der Waals surface area contributed by atoms with Gasteiger partial charge in [0, 0.05) is 24.5 Å². The van der Waals surface area contributed by atoms with Crippen molar-refractivity contribution >= 4 is 11.6 Å². The Labute approximate surface area is 137 Å². The number of aromatic nitrogens is 2. The number of nitrogens with zero attached hydrogens (tertiary/aromatic N) is 2. The molecule has 0 spiro atoms. The zero-order valence-electron chi connectivity index (χ0n) is 13.6. The van der Waals surface area contributed by atoms with Crippen LogP contribution in [0.3, 0.4) is 0 Å². The van der Waals surface area contributed by atoms with Gasteiger partial charge in [0.2, 0.25) is 0 Å². The Morgan fingerprint density at radius 2 is 2.00 bits per heavy atom. The molecule has 0 N–H and O–H groups in total. The molecule has 0 bridgehead atoms. The number of benzene rings is 1. The molecule has 5 heteroatoms. The van der Waals surface area contributed by atoms with Crippen LogP contribution in [0.25, 0.3) is 11.4 Å². The minimum atomic E-state index is 0.421. The normalized spacial score (nSPS) is 11.0. The highest BCUT2D eigenvalue weighted by atomic mass is 35.5. The fourth-order valence-corrected chi connectivity index (χ4v) is 2.44. The molecule has 0 saturated carbocycles. The van der Waals surface area contributed by atoms with E-state index in [0.717, 1.165) is 17.9 Å². The highest BCUT2D eigenvalue weighted by molar-refractivity contribution is 6.32. The van der Waals surface area contributed by atoms with Gasteiger partial charge < -0.3 is 14.0 Å². The average molecular weight is 323 g/mol. The second kappa shape index (κ2) is 7.54. The van der Waals surface area contributed by atoms with Gasteiger partial charge in [-0.25, -0.2) is 4.98 Å². The van der Waals surface area contributed by atoms with Crippen molar-refractivity contribution in [2.24, 2.45) is 5.92 Å². The van der Waals surface area contributed by atoms with Gasteiger partial charge in [0.1, 0.15) is 5.82 Å². The summed E-state index contributed by atoms with van der Waals surface area (Å²) in [4.78, 5) is 4.41. The fraction of sp³-hybridized carbons (Fsp3) is 0.471. The first-order valence-corrected chi connectivity index (χ1v) is 8.05. The first-order valence-electron chi connectivity index (χ1n) is 7.67. The molecule has 1 heterocycles. The van der Waals surface area contributed by atoms with Gasteiger partial charge in [0.05, 0.1) is 18.2 Å². The second-order valence-corrected chi connectivity index (χ2v) is 5.87. The van der Waals surface area contributed by atoms with Crippen LogP contribution >= 0.6 is 11.6 Å². The molecule has 0 saturated heterocycles. The van der Waals surface area contributed by atoms with Crippen molar-refractivity contribution in [1.82, 2.24) is 9.55 Å². The molecule has 0 aliphatic carbocycles. The first-order chi connectivity index (χ1) is 10.6. The van der Waals surface area contributed by atoms with E-state index in [-0.39, 0.29) is 0 Å². The van der Waals surface area contributed by atoms with Crippen LogP contribution in [-0.4, -0.2) is 22.8 Å². The molecule has 0 radical (unpaired) electrons. The molecule has 120 valence electrons. The van der Waals surface area contributed by atoms with Crippen molar-refractivity contribution in [3.63, 3.8) is 0 Å². The third-order valence-corrected chi connectivity index (χ3v) is 3.47. The molecule has 1 aromatic heterocycles. The van der Waals surface area contributed by atoms with Gasteiger partial charge in [-0.1, -0.05) is 25.4 Å². The molecule has 0 aliphatic heterocycles. The maximum atomic E-state index is 6.42. The van der Waals surface area contributed by atoms with E-state index >= 15 is 0 Å². The molecule has 0 fully saturated rings. The summed E-state index contributed by atoms with van der Waals surface area (Å²) in [5.41, 5.74) is 0.928. The fourth-order valence-electron chi connectivity index (χ4n) is 2.17. The van der Waals surface area contributed by atoms with Crippen LogP contribution < -0.4 is 9.47 Å². The number of rotatable bonds is 7. The smallest absolute Gasteiger partial charge is 0.179 e. The van der Waals surface area contributed by atoms with Gasteiger partial charge in [0.15, 0.2) is 11.5 Å². The standard InChI is InChI=1S/C17H23ClN2O2/c1-5-20-8-7-19-17(20)13-9-14(18)16(22-11-12(3)4)15(10-13)21-6-2/h7-10,12H,5-6,11H2,1-4H3. The van der Waals surface area contributed by atoms with Gasteiger partial charge in [-0.2, -0.15) is 0 Å². The van der Waals surface area contributed by atoms with E-state index in [1.54, 1.807) is 6.20 Å². The third-order valence-electron chi connectivity index (χ3n) is 3.18. The largest absolute Gasteiger partial charge is 0.490 e. The van der Waals surface area contributed by atoms with Gasteiger partial charge in [-0.15, -0.1) is 0 Å². The minimum absolute atomic E-state index is 0.421. The zero-order valence-corrected chi connectivity index (χ0v) is 14.4. The predicted molar refractivity (Wildman–Crippen MR) is 89.8 cm³/mol. The summed E-state index contributed by atoms with van der Waals surface area (Å²) < 4.78 is 13.6. The minimum Gasteiger partial charge on any atom is -0.490 e. The van der Waals surface area contributed by atoms with E-state index in [0.29, 0.717) is 35.7 Å². The van der Waals surface area contributed by atoms with Crippen LogP contribution in [0.5, 0.6) is 11.5 Å². The van der Waals surface area contributed by atoms with Crippen LogP contribution in [0.1, 0.15) is 27.7 Å². The topological polar surface area (TPSA) is 36.3 Å². The lowest BCUT2D eigenvalue weighted by molar-refractivity contribution is 0.248. The molecular formula is C17H23ClN2O2. The summed E-state index contributed by atoms with van der Waals surface area (Å²) in [7, 11) is 0. The monoisotopic (exact) mass is 322 g/mol. The van der Waals surface area contributed by atoms with Gasteiger partial charge >= 0.3 is 0 Å². The highest BCUT2D eigenvalue weighted by Crippen LogP contribution is 2.39. The van der Waals surface area contributed by atoms with E-state index in [4.69, 9.17) is 21.1 Å². The molecular weight excluding hydrogens is 300 g/mol. The molecule has 0 amide bonds. The molecule has 0 aliphatic rings. The van der Waals surface area contributed by atoms with Crippen molar-refractivity contribution in [2.45, 2.75) is 34.2 Å². The molecule has 2 rings (SSSR count). The number of ether oxygens (including phenoxy) is 2. The number of hydrogen-bond donors (Lipinski definition) is 0. The summed E-state index contributed by atoms with van der Waals surface area (Å²) in [5.74, 6) is 2.57. The van der Waals surface area contributed by atoms with Gasteiger partial charge in [-0.05, 0) is 31.9 Å².